The van der Waals surface area contributed by atoms with Crippen LogP contribution in [0.5, 0.6) is 0 Å². The minimum atomic E-state index is -4.81. The van der Waals surface area contributed by atoms with Crippen LogP contribution in [0, 0.1) is 11.7 Å². The van der Waals surface area contributed by atoms with Gasteiger partial charge in [0.15, 0.2) is 0 Å². The van der Waals surface area contributed by atoms with Gasteiger partial charge in [-0.2, -0.15) is 18.2 Å². The summed E-state index contributed by atoms with van der Waals surface area (Å²) in [5.41, 5.74) is -0.250. The van der Waals surface area contributed by atoms with Gasteiger partial charge in [-0.1, -0.05) is 5.16 Å². The molecule has 0 spiro atoms. The molecule has 25 heavy (non-hydrogen) atoms. The van der Waals surface area contributed by atoms with E-state index >= 15 is 0 Å². The van der Waals surface area contributed by atoms with Gasteiger partial charge >= 0.3 is 12.1 Å². The summed E-state index contributed by atoms with van der Waals surface area (Å²) in [6.07, 6.45) is -3.97. The quantitative estimate of drug-likeness (QED) is 0.850. The smallest absolute Gasteiger partial charge is 0.381 e. The van der Waals surface area contributed by atoms with Crippen LogP contribution < -0.4 is 5.32 Å². The number of carbonyl (C=O) groups excluding carboxylic acids is 1. The SMILES string of the molecule is O=C(NCC1CCOC1)c1ccc(-c2noc(C(F)(F)F)n2)c(F)c1. The molecule has 3 rings (SSSR count). The lowest BCUT2D eigenvalue weighted by Gasteiger charge is -2.10. The number of rotatable bonds is 4. The standard InChI is InChI=1S/C15H13F4N3O3/c16-11-5-9(13(23)20-6-8-3-4-24-7-8)1-2-10(11)12-21-14(25-22-12)15(17,18)19/h1-2,5,8H,3-4,6-7H2,(H,20,23). The minimum absolute atomic E-state index is 0.0414. The number of alkyl halides is 3. The third-order valence-corrected chi connectivity index (χ3v) is 3.72. The fraction of sp³-hybridized carbons (Fsp3) is 0.400. The predicted octanol–water partition coefficient (Wildman–Crippen LogP) is 2.66. The van der Waals surface area contributed by atoms with E-state index in [-0.39, 0.29) is 17.0 Å². The number of nitrogens with one attached hydrogen (secondary N) is 1. The molecule has 0 saturated carbocycles. The van der Waals surface area contributed by atoms with E-state index in [2.05, 4.69) is 20.0 Å². The van der Waals surface area contributed by atoms with Crippen LogP contribution in [-0.2, 0) is 10.9 Å². The molecule has 1 N–H and O–H groups in total. The minimum Gasteiger partial charge on any atom is -0.381 e. The molecule has 1 aromatic heterocycles. The highest BCUT2D eigenvalue weighted by molar-refractivity contribution is 5.94. The summed E-state index contributed by atoms with van der Waals surface area (Å²) in [6, 6.07) is 3.33. The third kappa shape index (κ3) is 3.95. The highest BCUT2D eigenvalue weighted by atomic mass is 19.4. The number of benzene rings is 1. The second kappa shape index (κ2) is 6.79. The predicted molar refractivity (Wildman–Crippen MR) is 76.0 cm³/mol. The van der Waals surface area contributed by atoms with Gasteiger partial charge in [-0.15, -0.1) is 0 Å². The molecule has 6 nitrogen and oxygen atoms in total. The van der Waals surface area contributed by atoms with Crippen molar-refractivity contribution in [1.82, 2.24) is 15.5 Å². The Labute approximate surface area is 139 Å². The van der Waals surface area contributed by atoms with Crippen molar-refractivity contribution in [1.29, 1.82) is 0 Å². The number of hydrogen-bond acceptors (Lipinski definition) is 5. The molecule has 1 fully saturated rings. The van der Waals surface area contributed by atoms with Crippen molar-refractivity contribution in [2.24, 2.45) is 5.92 Å². The summed E-state index contributed by atoms with van der Waals surface area (Å²) in [7, 11) is 0. The van der Waals surface area contributed by atoms with E-state index < -0.39 is 29.6 Å². The van der Waals surface area contributed by atoms with Crippen LogP contribution in [0.15, 0.2) is 22.7 Å². The average Bonchev–Trinajstić information content (AvgIpc) is 3.23. The number of halogens is 4. The van der Waals surface area contributed by atoms with Gasteiger partial charge < -0.3 is 14.6 Å². The van der Waals surface area contributed by atoms with Crippen LogP contribution in [0.25, 0.3) is 11.4 Å². The van der Waals surface area contributed by atoms with Crippen LogP contribution in [0.4, 0.5) is 17.6 Å². The van der Waals surface area contributed by atoms with Crippen molar-refractivity contribution in [3.8, 4) is 11.4 Å². The molecule has 1 atom stereocenters. The largest absolute Gasteiger partial charge is 0.471 e. The number of nitrogens with zero attached hydrogens (tertiary/aromatic N) is 2. The monoisotopic (exact) mass is 359 g/mol. The number of amides is 1. The lowest BCUT2D eigenvalue weighted by atomic mass is 10.1. The average molecular weight is 359 g/mol. The molecule has 0 bridgehead atoms. The van der Waals surface area contributed by atoms with E-state index in [1.54, 1.807) is 0 Å². The number of hydrogen-bond donors (Lipinski definition) is 1. The molecular formula is C15H13F4N3O3. The van der Waals surface area contributed by atoms with Gasteiger partial charge in [-0.3, -0.25) is 4.79 Å². The van der Waals surface area contributed by atoms with Gasteiger partial charge in [-0.25, -0.2) is 4.39 Å². The molecule has 2 aromatic rings. The van der Waals surface area contributed by atoms with Crippen molar-refractivity contribution < 1.29 is 31.6 Å². The molecule has 1 aromatic carbocycles. The first kappa shape index (κ1) is 17.3. The molecule has 1 aliphatic rings. The molecule has 1 aliphatic heterocycles. The first-order valence-corrected chi connectivity index (χ1v) is 7.41. The molecule has 0 radical (unpaired) electrons. The molecule has 0 aliphatic carbocycles. The van der Waals surface area contributed by atoms with Crippen molar-refractivity contribution in [3.63, 3.8) is 0 Å². The second-order valence-corrected chi connectivity index (χ2v) is 5.56. The summed E-state index contributed by atoms with van der Waals surface area (Å²) < 4.78 is 60.7. The molecule has 2 heterocycles. The van der Waals surface area contributed by atoms with E-state index in [1.165, 1.54) is 6.07 Å². The summed E-state index contributed by atoms with van der Waals surface area (Å²) in [6.45, 7) is 1.61. The highest BCUT2D eigenvalue weighted by Crippen LogP contribution is 2.30. The van der Waals surface area contributed by atoms with Crippen molar-refractivity contribution in [2.45, 2.75) is 12.6 Å². The van der Waals surface area contributed by atoms with E-state index in [0.717, 1.165) is 18.6 Å². The Morgan fingerprint density at radius 1 is 1.36 bits per heavy atom. The Balaban J connectivity index is 1.71. The van der Waals surface area contributed by atoms with Crippen LogP contribution >= 0.6 is 0 Å². The lowest BCUT2D eigenvalue weighted by Crippen LogP contribution is -2.29. The Kier molecular flexibility index (Phi) is 4.71. The van der Waals surface area contributed by atoms with E-state index in [0.29, 0.717) is 19.8 Å². The number of aromatic nitrogens is 2. The molecule has 134 valence electrons. The topological polar surface area (TPSA) is 77.2 Å². The van der Waals surface area contributed by atoms with Crippen LogP contribution in [0.3, 0.4) is 0 Å². The molecule has 1 saturated heterocycles. The van der Waals surface area contributed by atoms with E-state index in [1.807, 2.05) is 0 Å². The first-order chi connectivity index (χ1) is 11.8. The summed E-state index contributed by atoms with van der Waals surface area (Å²) in [5, 5.41) is 5.78. The lowest BCUT2D eigenvalue weighted by molar-refractivity contribution is -0.159. The molecule has 10 heteroatoms. The van der Waals surface area contributed by atoms with Gasteiger partial charge in [0, 0.05) is 24.6 Å². The number of carbonyl (C=O) groups is 1. The molecule has 1 amide bonds. The van der Waals surface area contributed by atoms with E-state index in [4.69, 9.17) is 4.74 Å². The van der Waals surface area contributed by atoms with Crippen LogP contribution in [0.2, 0.25) is 0 Å². The zero-order valence-corrected chi connectivity index (χ0v) is 12.8. The van der Waals surface area contributed by atoms with Gasteiger partial charge in [0.1, 0.15) is 5.82 Å². The normalized spacial score (nSPS) is 17.7. The van der Waals surface area contributed by atoms with Crippen molar-refractivity contribution >= 4 is 5.91 Å². The Hall–Kier alpha value is -2.49. The van der Waals surface area contributed by atoms with Crippen molar-refractivity contribution in [3.05, 3.63) is 35.5 Å². The maximum Gasteiger partial charge on any atom is 0.471 e. The highest BCUT2D eigenvalue weighted by Gasteiger charge is 2.38. The van der Waals surface area contributed by atoms with Crippen LogP contribution in [-0.4, -0.2) is 35.8 Å². The Morgan fingerprint density at radius 2 is 2.16 bits per heavy atom. The zero-order valence-electron chi connectivity index (χ0n) is 12.8. The number of ether oxygens (including phenoxy) is 1. The molecule has 1 unspecified atom stereocenters. The van der Waals surface area contributed by atoms with Gasteiger partial charge in [0.05, 0.1) is 12.2 Å². The molecular weight excluding hydrogens is 346 g/mol. The summed E-state index contributed by atoms with van der Waals surface area (Å²) >= 11 is 0. The first-order valence-electron chi connectivity index (χ1n) is 7.41. The van der Waals surface area contributed by atoms with Crippen molar-refractivity contribution in [2.75, 3.05) is 19.8 Å². The maximum absolute atomic E-state index is 14.1. The Morgan fingerprint density at radius 3 is 2.76 bits per heavy atom. The fourth-order valence-electron chi connectivity index (χ4n) is 2.37. The summed E-state index contributed by atoms with van der Waals surface area (Å²) in [4.78, 5) is 15.1. The fourth-order valence-corrected chi connectivity index (χ4v) is 2.37. The summed E-state index contributed by atoms with van der Waals surface area (Å²) in [5.74, 6) is -3.30. The van der Waals surface area contributed by atoms with Crippen LogP contribution in [0.1, 0.15) is 22.7 Å². The third-order valence-electron chi connectivity index (χ3n) is 3.72. The maximum atomic E-state index is 14.1. The van der Waals surface area contributed by atoms with Gasteiger partial charge in [0.25, 0.3) is 5.91 Å². The second-order valence-electron chi connectivity index (χ2n) is 5.56. The van der Waals surface area contributed by atoms with E-state index in [9.17, 15) is 22.4 Å². The Bertz CT molecular complexity index is 770. The zero-order chi connectivity index (χ0) is 18.0. The van der Waals surface area contributed by atoms with Gasteiger partial charge in [0.2, 0.25) is 5.82 Å². The van der Waals surface area contributed by atoms with Gasteiger partial charge in [-0.05, 0) is 24.6 Å².